The molecule has 0 aromatic heterocycles. The van der Waals surface area contributed by atoms with E-state index in [1.54, 1.807) is 0 Å². The van der Waals surface area contributed by atoms with Crippen LogP contribution >= 0.6 is 0 Å². The first kappa shape index (κ1) is 24.2. The van der Waals surface area contributed by atoms with Crippen molar-refractivity contribution in [3.05, 3.63) is 11.1 Å². The van der Waals surface area contributed by atoms with E-state index in [0.717, 1.165) is 29.9 Å². The Hall–Kier alpha value is -0.920. The van der Waals surface area contributed by atoms with Gasteiger partial charge in [-0.05, 0) is 60.2 Å². The van der Waals surface area contributed by atoms with Gasteiger partial charge in [-0.3, -0.25) is 9.59 Å². The Labute approximate surface area is 197 Å². The summed E-state index contributed by atoms with van der Waals surface area (Å²) in [6.45, 7) is 18.8. The lowest BCUT2D eigenvalue weighted by Gasteiger charge is -2.59. The average molecular weight is 441 g/mol. The maximum atomic E-state index is 14.0. The predicted molar refractivity (Wildman–Crippen MR) is 132 cm³/mol. The van der Waals surface area contributed by atoms with Gasteiger partial charge < -0.3 is 0 Å². The van der Waals surface area contributed by atoms with Gasteiger partial charge in [0.25, 0.3) is 0 Å². The molecule has 0 aromatic carbocycles. The number of hydrogen-bond acceptors (Lipinski definition) is 2. The molecule has 0 amide bonds. The highest BCUT2D eigenvalue weighted by Gasteiger charge is 2.66. The first-order valence-corrected chi connectivity index (χ1v) is 13.6. The Morgan fingerprint density at radius 2 is 1.56 bits per heavy atom. The molecule has 0 radical (unpaired) electrons. The van der Waals surface area contributed by atoms with Crippen LogP contribution in [0.2, 0.25) is 0 Å². The van der Waals surface area contributed by atoms with Gasteiger partial charge >= 0.3 is 0 Å². The van der Waals surface area contributed by atoms with Gasteiger partial charge in [0.05, 0.1) is 0 Å². The van der Waals surface area contributed by atoms with E-state index in [4.69, 9.17) is 0 Å². The molecule has 1 unspecified atom stereocenters. The lowest BCUT2D eigenvalue weighted by Crippen LogP contribution is -2.56. The van der Waals surface area contributed by atoms with Crippen molar-refractivity contribution in [2.75, 3.05) is 0 Å². The fourth-order valence-corrected chi connectivity index (χ4v) is 9.25. The molecule has 0 spiro atoms. The summed E-state index contributed by atoms with van der Waals surface area (Å²) < 4.78 is 0. The van der Waals surface area contributed by atoms with Gasteiger partial charge in [-0.25, -0.2) is 0 Å². The molecule has 0 heterocycles. The zero-order valence-electron chi connectivity index (χ0n) is 22.2. The Morgan fingerprint density at radius 1 is 0.875 bits per heavy atom. The number of carbonyl (C=O) groups is 2. The van der Waals surface area contributed by atoms with Crippen molar-refractivity contribution < 1.29 is 9.59 Å². The molecule has 0 bridgehead atoms. The molecule has 0 N–H and O–H groups in total. The van der Waals surface area contributed by atoms with Crippen LogP contribution in [-0.2, 0) is 9.59 Å². The SMILES string of the molecule is CC(C)CCC[C@@H](C)[C@H]1CC[C@@]2(C)C3=C(C(=O)C[C@]12C)[C@@]1(C)CCCC(C)(C)C1CC3=O. The van der Waals surface area contributed by atoms with E-state index < -0.39 is 0 Å². The Bertz CT molecular complexity index is 832. The van der Waals surface area contributed by atoms with Crippen LogP contribution in [0.15, 0.2) is 11.1 Å². The number of hydrogen-bond donors (Lipinski definition) is 0. The van der Waals surface area contributed by atoms with Crippen molar-refractivity contribution in [3.8, 4) is 0 Å². The molecule has 6 atom stereocenters. The van der Waals surface area contributed by atoms with Gasteiger partial charge in [0.1, 0.15) is 0 Å². The zero-order valence-corrected chi connectivity index (χ0v) is 22.2. The van der Waals surface area contributed by atoms with Crippen LogP contribution in [0.25, 0.3) is 0 Å². The van der Waals surface area contributed by atoms with Crippen molar-refractivity contribution in [1.82, 2.24) is 0 Å². The van der Waals surface area contributed by atoms with Crippen LogP contribution in [0.1, 0.15) is 120 Å². The normalized spacial score (nSPS) is 42.0. The third kappa shape index (κ3) is 3.32. The molecule has 0 aromatic rings. The monoisotopic (exact) mass is 440 g/mol. The number of rotatable bonds is 5. The highest BCUT2D eigenvalue weighted by molar-refractivity contribution is 6.11. The first-order valence-electron chi connectivity index (χ1n) is 13.6. The van der Waals surface area contributed by atoms with E-state index in [9.17, 15) is 9.59 Å². The number of Topliss-reactive ketones (excluding diaryl/α,β-unsaturated/α-hetero) is 2. The lowest BCUT2D eigenvalue weighted by atomic mass is 9.43. The number of allylic oxidation sites excluding steroid dienone is 2. The second kappa shape index (κ2) is 7.81. The van der Waals surface area contributed by atoms with Crippen molar-refractivity contribution in [2.24, 2.45) is 45.3 Å². The minimum absolute atomic E-state index is 0.0802. The summed E-state index contributed by atoms with van der Waals surface area (Å²) in [5, 5.41) is 0. The fraction of sp³-hybridized carbons (Fsp3) is 0.867. The van der Waals surface area contributed by atoms with Gasteiger partial charge in [0.15, 0.2) is 11.6 Å². The number of ketones is 2. The molecule has 2 saturated carbocycles. The largest absolute Gasteiger partial charge is 0.295 e. The van der Waals surface area contributed by atoms with E-state index in [2.05, 4.69) is 55.4 Å². The van der Waals surface area contributed by atoms with Crippen LogP contribution in [0.3, 0.4) is 0 Å². The molecular formula is C30H48O2. The van der Waals surface area contributed by atoms with Crippen LogP contribution in [0.5, 0.6) is 0 Å². The van der Waals surface area contributed by atoms with Gasteiger partial charge in [0, 0.05) is 34.8 Å². The minimum atomic E-state index is -0.139. The van der Waals surface area contributed by atoms with Crippen LogP contribution < -0.4 is 0 Å². The van der Waals surface area contributed by atoms with Crippen molar-refractivity contribution in [2.45, 2.75) is 120 Å². The van der Waals surface area contributed by atoms with E-state index in [-0.39, 0.29) is 21.7 Å². The molecule has 4 aliphatic carbocycles. The standard InChI is InChI=1S/C30H48O2/c1-19(2)11-9-12-20(3)21-13-16-29(7)26-22(31)17-24-27(4,5)14-10-15-28(24,6)25(26)23(32)18-30(21,29)8/h19-21,24H,9-18H2,1-8H3/t20-,21-,24?,28+,29+,30-/m1/s1. The summed E-state index contributed by atoms with van der Waals surface area (Å²) in [5.41, 5.74) is 1.77. The summed E-state index contributed by atoms with van der Waals surface area (Å²) in [4.78, 5) is 27.9. The van der Waals surface area contributed by atoms with Gasteiger partial charge in [-0.15, -0.1) is 0 Å². The molecule has 0 saturated heterocycles. The van der Waals surface area contributed by atoms with Crippen molar-refractivity contribution >= 4 is 11.6 Å². The fourth-order valence-electron chi connectivity index (χ4n) is 9.25. The van der Waals surface area contributed by atoms with Crippen LogP contribution in [-0.4, -0.2) is 11.6 Å². The van der Waals surface area contributed by atoms with Gasteiger partial charge in [0.2, 0.25) is 0 Å². The third-order valence-corrected chi connectivity index (χ3v) is 11.2. The molecule has 2 fully saturated rings. The number of fused-ring (bicyclic) bond motifs is 4. The lowest BCUT2D eigenvalue weighted by molar-refractivity contribution is -0.135. The Morgan fingerprint density at radius 3 is 2.22 bits per heavy atom. The van der Waals surface area contributed by atoms with Gasteiger partial charge in [-0.2, -0.15) is 0 Å². The highest BCUT2D eigenvalue weighted by Crippen LogP contribution is 2.71. The quantitative estimate of drug-likeness (QED) is 0.434. The highest BCUT2D eigenvalue weighted by atomic mass is 16.1. The van der Waals surface area contributed by atoms with Crippen molar-refractivity contribution in [3.63, 3.8) is 0 Å². The van der Waals surface area contributed by atoms with Gasteiger partial charge in [-0.1, -0.05) is 81.1 Å². The van der Waals surface area contributed by atoms with E-state index >= 15 is 0 Å². The molecule has 0 aliphatic heterocycles. The zero-order chi connectivity index (χ0) is 23.7. The number of carbonyl (C=O) groups excluding carboxylic acids is 2. The molecule has 2 nitrogen and oxygen atoms in total. The molecule has 32 heavy (non-hydrogen) atoms. The Balaban J connectivity index is 1.73. The van der Waals surface area contributed by atoms with E-state index in [1.807, 2.05) is 0 Å². The smallest absolute Gasteiger partial charge is 0.160 e. The first-order chi connectivity index (χ1) is 14.8. The van der Waals surface area contributed by atoms with E-state index in [1.165, 1.54) is 38.5 Å². The predicted octanol–water partition coefficient (Wildman–Crippen LogP) is 7.95. The maximum Gasteiger partial charge on any atom is 0.160 e. The van der Waals surface area contributed by atoms with Crippen LogP contribution in [0.4, 0.5) is 0 Å². The summed E-state index contributed by atoms with van der Waals surface area (Å²) in [5.74, 6) is 2.85. The summed E-state index contributed by atoms with van der Waals surface area (Å²) in [6.07, 6.45) is 10.8. The summed E-state index contributed by atoms with van der Waals surface area (Å²) >= 11 is 0. The average Bonchev–Trinajstić information content (AvgIpc) is 2.93. The third-order valence-electron chi connectivity index (χ3n) is 11.2. The molecule has 4 rings (SSSR count). The van der Waals surface area contributed by atoms with Crippen molar-refractivity contribution in [1.29, 1.82) is 0 Å². The molecule has 4 aliphatic rings. The molecule has 2 heteroatoms. The molecular weight excluding hydrogens is 392 g/mol. The summed E-state index contributed by atoms with van der Waals surface area (Å²) in [6, 6.07) is 0. The van der Waals surface area contributed by atoms with E-state index in [0.29, 0.717) is 42.2 Å². The molecule has 180 valence electrons. The second-order valence-corrected chi connectivity index (χ2v) is 14.0. The Kier molecular flexibility index (Phi) is 5.91. The maximum absolute atomic E-state index is 14.0. The second-order valence-electron chi connectivity index (χ2n) is 14.0. The summed E-state index contributed by atoms with van der Waals surface area (Å²) in [7, 11) is 0. The minimum Gasteiger partial charge on any atom is -0.295 e. The topological polar surface area (TPSA) is 34.1 Å². The van der Waals surface area contributed by atoms with Crippen LogP contribution in [0, 0.1) is 45.3 Å².